The summed E-state index contributed by atoms with van der Waals surface area (Å²) in [5.41, 5.74) is 3.16. The van der Waals surface area contributed by atoms with Gasteiger partial charge < -0.3 is 19.3 Å². The van der Waals surface area contributed by atoms with Crippen molar-refractivity contribution in [1.82, 2.24) is 19.4 Å². The Bertz CT molecular complexity index is 1580. The Hall–Kier alpha value is -3.31. The molecule has 0 N–H and O–H groups in total. The largest absolute Gasteiger partial charge is 0.522 e. The number of anilines is 1. The molecule has 0 aliphatic carbocycles. The van der Waals surface area contributed by atoms with Crippen LogP contribution in [0.1, 0.15) is 34.7 Å². The van der Waals surface area contributed by atoms with E-state index in [1.807, 2.05) is 78.3 Å². The number of hydrogen-bond acceptors (Lipinski definition) is 5. The third-order valence-electron chi connectivity index (χ3n) is 8.16. The molecule has 3 aromatic carbocycles. The monoisotopic (exact) mass is 661 g/mol. The molecule has 0 bridgehead atoms. The molecule has 1 aliphatic rings. The molecule has 0 radical (unpaired) electrons. The van der Waals surface area contributed by atoms with Crippen molar-refractivity contribution < 1.29 is 22.7 Å². The lowest BCUT2D eigenvalue weighted by atomic mass is 9.94. The van der Waals surface area contributed by atoms with Crippen LogP contribution in [0.4, 0.5) is 19.1 Å². The highest BCUT2D eigenvalue weighted by Gasteiger charge is 2.29. The molecule has 2 heterocycles. The normalized spacial score (nSPS) is 15.3. The van der Waals surface area contributed by atoms with E-state index in [1.165, 1.54) is 0 Å². The molecule has 1 unspecified atom stereocenters. The Morgan fingerprint density at radius 1 is 0.956 bits per heavy atom. The Morgan fingerprint density at radius 2 is 1.71 bits per heavy atom. The lowest BCUT2D eigenvalue weighted by Crippen LogP contribution is -2.35. The lowest BCUT2D eigenvalue weighted by Gasteiger charge is -2.28. The van der Waals surface area contributed by atoms with Crippen molar-refractivity contribution in [2.24, 2.45) is 0 Å². The van der Waals surface area contributed by atoms with E-state index in [0.717, 1.165) is 55.6 Å². The van der Waals surface area contributed by atoms with Crippen LogP contribution < -0.4 is 4.90 Å². The van der Waals surface area contributed by atoms with Crippen LogP contribution in [-0.4, -0.2) is 84.5 Å². The van der Waals surface area contributed by atoms with Gasteiger partial charge in [0.2, 0.25) is 5.95 Å². The minimum atomic E-state index is -4.68. The van der Waals surface area contributed by atoms with Crippen LogP contribution in [0.15, 0.2) is 72.8 Å². The Kier molecular flexibility index (Phi) is 10.9. The number of carbonyl (C=O) groups excluding carboxylic acids is 1. The second-order valence-corrected chi connectivity index (χ2v) is 12.1. The first-order valence-electron chi connectivity index (χ1n) is 15.0. The van der Waals surface area contributed by atoms with E-state index < -0.39 is 13.0 Å². The van der Waals surface area contributed by atoms with Crippen molar-refractivity contribution in [2.75, 3.05) is 57.8 Å². The minimum absolute atomic E-state index is 0.0228. The molecule has 1 aliphatic heterocycles. The first kappa shape index (κ1) is 33.1. The fourth-order valence-electron chi connectivity index (χ4n) is 5.85. The van der Waals surface area contributed by atoms with Crippen molar-refractivity contribution in [2.45, 2.75) is 31.7 Å². The number of rotatable bonds is 11. The molecule has 7 nitrogen and oxygen atoms in total. The van der Waals surface area contributed by atoms with Crippen LogP contribution in [0, 0.1) is 0 Å². The van der Waals surface area contributed by atoms with E-state index in [4.69, 9.17) is 28.2 Å². The Morgan fingerprint density at radius 3 is 2.47 bits per heavy atom. The first-order valence-corrected chi connectivity index (χ1v) is 15.7. The zero-order valence-corrected chi connectivity index (χ0v) is 26.5. The number of fused-ring (bicyclic) bond motifs is 1. The Labute approximate surface area is 271 Å². The van der Waals surface area contributed by atoms with E-state index in [1.54, 1.807) is 11.0 Å². The van der Waals surface area contributed by atoms with Gasteiger partial charge >= 0.3 is 6.36 Å². The zero-order valence-electron chi connectivity index (χ0n) is 25.0. The van der Waals surface area contributed by atoms with Crippen molar-refractivity contribution >= 4 is 46.1 Å². The smallest absolute Gasteiger partial charge is 0.341 e. The lowest BCUT2D eigenvalue weighted by molar-refractivity contribution is -0.325. The molecule has 1 amide bonds. The van der Waals surface area contributed by atoms with Gasteiger partial charge in [0, 0.05) is 51.3 Å². The highest BCUT2D eigenvalue weighted by atomic mass is 35.5. The molecule has 5 rings (SSSR count). The topological polar surface area (TPSA) is 53.8 Å². The van der Waals surface area contributed by atoms with E-state index in [0.29, 0.717) is 34.6 Å². The van der Waals surface area contributed by atoms with E-state index in [2.05, 4.69) is 14.5 Å². The molecule has 1 aromatic heterocycles. The number of amides is 1. The van der Waals surface area contributed by atoms with E-state index >= 15 is 0 Å². The van der Waals surface area contributed by atoms with Crippen LogP contribution >= 0.6 is 23.2 Å². The number of hydrogen-bond donors (Lipinski definition) is 0. The number of imidazole rings is 1. The van der Waals surface area contributed by atoms with Gasteiger partial charge in [-0.15, -0.1) is 13.2 Å². The fraction of sp³-hybridized carbons (Fsp3) is 0.394. The van der Waals surface area contributed by atoms with Crippen LogP contribution in [0.3, 0.4) is 0 Å². The quantitative estimate of drug-likeness (QED) is 0.168. The summed E-state index contributed by atoms with van der Waals surface area (Å²) < 4.78 is 44.1. The highest BCUT2D eigenvalue weighted by molar-refractivity contribution is 6.42. The molecule has 4 aromatic rings. The average molecular weight is 663 g/mol. The van der Waals surface area contributed by atoms with Crippen molar-refractivity contribution in [3.05, 3.63) is 94.0 Å². The van der Waals surface area contributed by atoms with Crippen molar-refractivity contribution in [3.63, 3.8) is 0 Å². The van der Waals surface area contributed by atoms with Gasteiger partial charge in [0.05, 0.1) is 27.7 Å². The maximum atomic E-state index is 13.2. The van der Waals surface area contributed by atoms with Crippen LogP contribution in [-0.2, 0) is 11.3 Å². The van der Waals surface area contributed by atoms with Crippen molar-refractivity contribution in [1.29, 1.82) is 0 Å². The summed E-state index contributed by atoms with van der Waals surface area (Å²) in [6.45, 7) is 3.87. The molecule has 1 fully saturated rings. The standard InChI is InChI=1S/C33H36Cl2F3N5O2/c1-40(31(44)24-8-3-2-4-9-24)23-26(25-12-13-27(34)28(35)22-25)14-17-41-15-7-16-42(19-18-41)32-39-29-10-5-6-11-30(29)43(32)20-21-45-33(36,37)38/h2-6,8-13,22,26H,7,14-21,23H2,1H3. The molecule has 12 heteroatoms. The maximum Gasteiger partial charge on any atom is 0.522 e. The number of nitrogens with zero attached hydrogens (tertiary/aromatic N) is 5. The van der Waals surface area contributed by atoms with Crippen LogP contribution in [0.25, 0.3) is 11.0 Å². The summed E-state index contributed by atoms with van der Waals surface area (Å²) in [5, 5.41) is 0.960. The van der Waals surface area contributed by atoms with Crippen molar-refractivity contribution in [3.8, 4) is 0 Å². The van der Waals surface area contributed by atoms with Gasteiger partial charge in [-0.1, -0.05) is 59.6 Å². The molecular formula is C33H36Cl2F3N5O2. The summed E-state index contributed by atoms with van der Waals surface area (Å²) >= 11 is 12.6. The fourth-order valence-corrected chi connectivity index (χ4v) is 6.16. The Balaban J connectivity index is 1.27. The van der Waals surface area contributed by atoms with Gasteiger partial charge in [-0.2, -0.15) is 0 Å². The van der Waals surface area contributed by atoms with Crippen LogP contribution in [0.2, 0.25) is 10.0 Å². The van der Waals surface area contributed by atoms with Crippen LogP contribution in [0.5, 0.6) is 0 Å². The third kappa shape index (κ3) is 8.70. The number of halogens is 5. The second-order valence-electron chi connectivity index (χ2n) is 11.2. The van der Waals surface area contributed by atoms with Gasteiger partial charge in [0.1, 0.15) is 0 Å². The summed E-state index contributed by atoms with van der Waals surface area (Å²) in [5.74, 6) is 0.628. The number of benzene rings is 3. The molecule has 1 saturated heterocycles. The third-order valence-corrected chi connectivity index (χ3v) is 8.90. The molecule has 1 atom stereocenters. The molecule has 0 saturated carbocycles. The van der Waals surface area contributed by atoms with E-state index in [9.17, 15) is 18.0 Å². The second kappa shape index (κ2) is 14.9. The number of para-hydroxylation sites is 2. The highest BCUT2D eigenvalue weighted by Crippen LogP contribution is 2.30. The summed E-state index contributed by atoms with van der Waals surface area (Å²) in [4.78, 5) is 24.2. The van der Waals surface area contributed by atoms with Gasteiger partial charge in [-0.3, -0.25) is 9.53 Å². The molecule has 240 valence electrons. The zero-order chi connectivity index (χ0) is 32.0. The minimum Gasteiger partial charge on any atom is -0.341 e. The summed E-state index contributed by atoms with van der Waals surface area (Å²) in [6, 6.07) is 22.3. The summed E-state index contributed by atoms with van der Waals surface area (Å²) in [6.07, 6.45) is -3.03. The number of aromatic nitrogens is 2. The molecular weight excluding hydrogens is 626 g/mol. The average Bonchev–Trinajstić information content (AvgIpc) is 3.22. The van der Waals surface area contributed by atoms with Gasteiger partial charge in [0.25, 0.3) is 5.91 Å². The molecule has 0 spiro atoms. The maximum absolute atomic E-state index is 13.2. The number of likely N-dealkylation sites (N-methyl/N-ethyl adjacent to an activating group) is 1. The predicted molar refractivity (Wildman–Crippen MR) is 172 cm³/mol. The van der Waals surface area contributed by atoms with Gasteiger partial charge in [-0.05, 0) is 67.9 Å². The predicted octanol–water partition coefficient (Wildman–Crippen LogP) is 7.34. The number of alkyl halides is 3. The SMILES string of the molecule is CN(CC(CCN1CCCN(c2nc3ccccc3n2CCOC(F)(F)F)CC1)c1ccc(Cl)c(Cl)c1)C(=O)c1ccccc1. The number of carbonyl (C=O) groups is 1. The molecule has 45 heavy (non-hydrogen) atoms. The van der Waals surface area contributed by atoms with Gasteiger partial charge in [0.15, 0.2) is 0 Å². The number of ether oxygens (including phenoxy) is 1. The van der Waals surface area contributed by atoms with Gasteiger partial charge in [-0.25, -0.2) is 4.98 Å². The van der Waals surface area contributed by atoms with E-state index in [-0.39, 0.29) is 18.4 Å². The summed E-state index contributed by atoms with van der Waals surface area (Å²) in [7, 11) is 1.81. The first-order chi connectivity index (χ1) is 21.6.